The van der Waals surface area contributed by atoms with Crippen molar-refractivity contribution in [3.63, 3.8) is 0 Å². The fourth-order valence-corrected chi connectivity index (χ4v) is 9.28. The Kier molecular flexibility index (Phi) is 6.21. The molecule has 2 aromatic carbocycles. The highest BCUT2D eigenvalue weighted by atomic mass is 28.4. The lowest BCUT2D eigenvalue weighted by Crippen LogP contribution is -2.69. The minimum absolute atomic E-state index is 0.0360. The van der Waals surface area contributed by atoms with Gasteiger partial charge in [-0.05, 0) is 34.7 Å². The van der Waals surface area contributed by atoms with Crippen molar-refractivity contribution in [2.24, 2.45) is 0 Å². The largest absolute Gasteiger partial charge is 0.403 e. The van der Waals surface area contributed by atoms with E-state index in [0.717, 1.165) is 25.8 Å². The second kappa shape index (κ2) is 8.27. The first kappa shape index (κ1) is 20.3. The van der Waals surface area contributed by atoms with E-state index in [0.29, 0.717) is 0 Å². The lowest BCUT2D eigenvalue weighted by molar-refractivity contribution is -0.171. The Morgan fingerprint density at radius 2 is 1.52 bits per heavy atom. The van der Waals surface area contributed by atoms with Crippen molar-refractivity contribution < 1.29 is 9.63 Å². The molecule has 146 valence electrons. The molecule has 1 fully saturated rings. The number of hydroxylamine groups is 2. The molecule has 2 atom stereocenters. The molecule has 0 bridgehead atoms. The number of piperidine rings is 1. The van der Waals surface area contributed by atoms with Gasteiger partial charge in [-0.2, -0.15) is 5.06 Å². The maximum absolute atomic E-state index is 10.4. The summed E-state index contributed by atoms with van der Waals surface area (Å²) in [5, 5.41) is 14.5. The molecule has 1 aliphatic rings. The Morgan fingerprint density at radius 1 is 1.00 bits per heavy atom. The predicted molar refractivity (Wildman–Crippen MR) is 114 cm³/mol. The van der Waals surface area contributed by atoms with Gasteiger partial charge in [0.15, 0.2) is 0 Å². The van der Waals surface area contributed by atoms with Gasteiger partial charge in [0.05, 0.1) is 12.1 Å². The second-order valence-corrected chi connectivity index (χ2v) is 12.9. The van der Waals surface area contributed by atoms with Gasteiger partial charge < -0.3 is 9.63 Å². The fourth-order valence-electron chi connectivity index (χ4n) is 4.53. The van der Waals surface area contributed by atoms with Crippen LogP contribution in [0.4, 0.5) is 0 Å². The van der Waals surface area contributed by atoms with Gasteiger partial charge in [-0.1, -0.05) is 88.4 Å². The van der Waals surface area contributed by atoms with E-state index in [2.05, 4.69) is 88.4 Å². The summed E-state index contributed by atoms with van der Waals surface area (Å²) >= 11 is 0. The van der Waals surface area contributed by atoms with Crippen LogP contribution in [0.5, 0.6) is 0 Å². The molecule has 0 unspecified atom stereocenters. The van der Waals surface area contributed by atoms with Crippen LogP contribution in [-0.4, -0.2) is 37.3 Å². The zero-order chi connectivity index (χ0) is 19.5. The quantitative estimate of drug-likeness (QED) is 0.786. The maximum atomic E-state index is 10.4. The third-order valence-corrected chi connectivity index (χ3v) is 10.9. The Hall–Kier alpha value is -1.46. The van der Waals surface area contributed by atoms with E-state index in [9.17, 15) is 5.21 Å². The summed E-state index contributed by atoms with van der Waals surface area (Å²) < 4.78 is 7.23. The monoisotopic (exact) mass is 383 g/mol. The van der Waals surface area contributed by atoms with Crippen LogP contribution in [0.3, 0.4) is 0 Å². The maximum Gasteiger partial charge on any atom is 0.261 e. The molecule has 0 aliphatic carbocycles. The average Bonchev–Trinajstić information content (AvgIpc) is 2.66. The molecular formula is C23H33NO2Si. The lowest BCUT2D eigenvalue weighted by atomic mass is 9.99. The van der Waals surface area contributed by atoms with Crippen LogP contribution in [0.25, 0.3) is 0 Å². The number of nitrogens with zero attached hydrogens (tertiary/aromatic N) is 1. The third kappa shape index (κ3) is 3.90. The summed E-state index contributed by atoms with van der Waals surface area (Å²) in [6.07, 6.45) is 2.90. The molecule has 27 heavy (non-hydrogen) atoms. The molecule has 4 heteroatoms. The summed E-state index contributed by atoms with van der Waals surface area (Å²) in [6.45, 7) is 9.79. The van der Waals surface area contributed by atoms with E-state index < -0.39 is 8.32 Å². The number of hydrogen-bond donors (Lipinski definition) is 1. The van der Waals surface area contributed by atoms with Crippen molar-refractivity contribution in [2.45, 2.75) is 64.1 Å². The fraction of sp³-hybridized carbons (Fsp3) is 0.478. The van der Waals surface area contributed by atoms with Crippen LogP contribution in [0.15, 0.2) is 60.7 Å². The van der Waals surface area contributed by atoms with Gasteiger partial charge in [-0.3, -0.25) is 0 Å². The molecule has 1 heterocycles. The second-order valence-electron chi connectivity index (χ2n) is 8.60. The van der Waals surface area contributed by atoms with Crippen molar-refractivity contribution in [3.8, 4) is 0 Å². The summed E-state index contributed by atoms with van der Waals surface area (Å²) in [5.74, 6) is 0. The molecule has 3 nitrogen and oxygen atoms in total. The van der Waals surface area contributed by atoms with Crippen LogP contribution in [-0.2, 0) is 4.43 Å². The van der Waals surface area contributed by atoms with Gasteiger partial charge in [0.1, 0.15) is 0 Å². The van der Waals surface area contributed by atoms with Gasteiger partial charge in [-0.15, -0.1) is 0 Å². The summed E-state index contributed by atoms with van der Waals surface area (Å²) in [5.41, 5.74) is 0. The highest BCUT2D eigenvalue weighted by molar-refractivity contribution is 6.99. The first-order chi connectivity index (χ1) is 12.9. The highest BCUT2D eigenvalue weighted by Gasteiger charge is 2.52. The number of benzene rings is 2. The normalized spacial score (nSPS) is 22.0. The molecule has 3 rings (SSSR count). The Balaban J connectivity index is 2.15. The molecule has 0 saturated carbocycles. The molecule has 0 aromatic heterocycles. The number of rotatable bonds is 5. The summed E-state index contributed by atoms with van der Waals surface area (Å²) in [7, 11) is -2.56. The van der Waals surface area contributed by atoms with Crippen LogP contribution < -0.4 is 10.4 Å². The van der Waals surface area contributed by atoms with Crippen LogP contribution in [0.2, 0.25) is 5.04 Å². The summed E-state index contributed by atoms with van der Waals surface area (Å²) in [6, 6.07) is 21.6. The zero-order valence-electron chi connectivity index (χ0n) is 17.1. The lowest BCUT2D eigenvalue weighted by Gasteiger charge is -2.48. The Morgan fingerprint density at radius 3 is 1.96 bits per heavy atom. The molecule has 0 radical (unpaired) electrons. The highest BCUT2D eigenvalue weighted by Crippen LogP contribution is 2.39. The van der Waals surface area contributed by atoms with E-state index in [1.165, 1.54) is 15.4 Å². The first-order valence-corrected chi connectivity index (χ1v) is 12.1. The molecule has 0 spiro atoms. The smallest absolute Gasteiger partial charge is 0.261 e. The Bertz CT molecular complexity index is 675. The molecular weight excluding hydrogens is 350 g/mol. The van der Waals surface area contributed by atoms with E-state index in [-0.39, 0.29) is 17.2 Å². The molecule has 1 aliphatic heterocycles. The number of hydrogen-bond acceptors (Lipinski definition) is 3. The molecule has 0 amide bonds. The van der Waals surface area contributed by atoms with Crippen LogP contribution in [0, 0.1) is 0 Å². The molecule has 2 aromatic rings. The van der Waals surface area contributed by atoms with Crippen molar-refractivity contribution in [2.75, 3.05) is 6.54 Å². The molecule has 1 N–H and O–H groups in total. The van der Waals surface area contributed by atoms with Gasteiger partial charge in [0.2, 0.25) is 0 Å². The van der Waals surface area contributed by atoms with Gasteiger partial charge in [0.25, 0.3) is 8.32 Å². The minimum atomic E-state index is -2.56. The Labute approximate surface area is 165 Å². The van der Waals surface area contributed by atoms with Crippen LogP contribution in [0.1, 0.15) is 47.0 Å². The van der Waals surface area contributed by atoms with Crippen molar-refractivity contribution in [1.29, 1.82) is 0 Å². The van der Waals surface area contributed by atoms with Gasteiger partial charge in [0, 0.05) is 6.54 Å². The molecule has 1 saturated heterocycles. The van der Waals surface area contributed by atoms with E-state index >= 15 is 0 Å². The van der Waals surface area contributed by atoms with E-state index in [1.807, 2.05) is 0 Å². The summed E-state index contributed by atoms with van der Waals surface area (Å²) in [4.78, 5) is 0. The van der Waals surface area contributed by atoms with Crippen molar-refractivity contribution in [1.82, 2.24) is 5.06 Å². The van der Waals surface area contributed by atoms with Gasteiger partial charge in [-0.25, -0.2) is 0 Å². The van der Waals surface area contributed by atoms with Gasteiger partial charge >= 0.3 is 0 Å². The third-order valence-electron chi connectivity index (χ3n) is 5.85. The van der Waals surface area contributed by atoms with Crippen molar-refractivity contribution >= 4 is 18.7 Å². The van der Waals surface area contributed by atoms with Crippen LogP contribution >= 0.6 is 0 Å². The minimum Gasteiger partial charge on any atom is -0.403 e. The van der Waals surface area contributed by atoms with E-state index in [1.54, 1.807) is 0 Å². The standard InChI is InChI=1S/C23H33NO2Si/c1-5-21-22(17-12-18-24(21)25)26-27(23(2,3)4,19-13-8-6-9-14-19)20-15-10-7-11-16-20/h6-11,13-16,21-22,25H,5,12,17-18H2,1-4H3/t21-,22+/m1/s1. The zero-order valence-corrected chi connectivity index (χ0v) is 18.1. The van der Waals surface area contributed by atoms with E-state index in [4.69, 9.17) is 4.43 Å². The predicted octanol–water partition coefficient (Wildman–Crippen LogP) is 4.20. The first-order valence-electron chi connectivity index (χ1n) is 10.1. The average molecular weight is 384 g/mol. The SMILES string of the molecule is CC[C@@H]1[C@@H](O[Si](c2ccccc2)(c2ccccc2)C(C)(C)C)CCCN1O. The topological polar surface area (TPSA) is 32.7 Å². The van der Waals surface area contributed by atoms with Crippen molar-refractivity contribution in [3.05, 3.63) is 60.7 Å².